The Kier molecular flexibility index (Phi) is 4.06. The highest BCUT2D eigenvalue weighted by atomic mass is 127. The van der Waals surface area contributed by atoms with Gasteiger partial charge in [-0.05, 0) is 22.6 Å². The molecule has 1 aromatic heterocycles. The summed E-state index contributed by atoms with van der Waals surface area (Å²) in [6.45, 7) is -0.577. The van der Waals surface area contributed by atoms with Crippen molar-refractivity contribution < 1.29 is 24.4 Å². The second kappa shape index (κ2) is 5.28. The van der Waals surface area contributed by atoms with Gasteiger partial charge < -0.3 is 20.1 Å². The zero-order chi connectivity index (χ0) is 14.3. The molecule has 19 heavy (non-hydrogen) atoms. The summed E-state index contributed by atoms with van der Waals surface area (Å²) in [5, 5.41) is 28.3. The fourth-order valence-electron chi connectivity index (χ4n) is 1.82. The highest BCUT2D eigenvalue weighted by Gasteiger charge is 2.44. The van der Waals surface area contributed by atoms with E-state index < -0.39 is 48.2 Å². The molecule has 0 saturated carbocycles. The molecule has 1 fully saturated rings. The van der Waals surface area contributed by atoms with Gasteiger partial charge in [-0.1, -0.05) is 0 Å². The van der Waals surface area contributed by atoms with Gasteiger partial charge in [-0.15, -0.1) is 0 Å². The van der Waals surface area contributed by atoms with Crippen molar-refractivity contribution in [1.29, 1.82) is 0 Å². The number of ether oxygens (including phenoxy) is 1. The number of hydrogen-bond acceptors (Lipinski definition) is 6. The van der Waals surface area contributed by atoms with Crippen molar-refractivity contribution in [2.24, 2.45) is 0 Å². The first-order valence-electron chi connectivity index (χ1n) is 5.20. The number of aromatic amines is 1. The molecule has 4 atom stereocenters. The maximum absolute atomic E-state index is 13.5. The van der Waals surface area contributed by atoms with Gasteiger partial charge in [-0.3, -0.25) is 14.3 Å². The van der Waals surface area contributed by atoms with Gasteiger partial charge in [0, 0.05) is 0 Å². The van der Waals surface area contributed by atoms with Crippen LogP contribution in [0.5, 0.6) is 0 Å². The molecule has 2 heterocycles. The average Bonchev–Trinajstić information content (AvgIpc) is 2.64. The second-order valence-electron chi connectivity index (χ2n) is 3.96. The molecule has 0 radical (unpaired) electrons. The van der Waals surface area contributed by atoms with E-state index in [9.17, 15) is 24.2 Å². The summed E-state index contributed by atoms with van der Waals surface area (Å²) < 4.78 is 18.9. The summed E-state index contributed by atoms with van der Waals surface area (Å²) >= 11 is 1.41. The molecule has 0 unspecified atom stereocenters. The molecule has 2 rings (SSSR count). The van der Waals surface area contributed by atoms with Gasteiger partial charge >= 0.3 is 5.69 Å². The lowest BCUT2D eigenvalue weighted by Gasteiger charge is -2.18. The minimum Gasteiger partial charge on any atom is -0.394 e. The highest BCUT2D eigenvalue weighted by molar-refractivity contribution is 14.1. The van der Waals surface area contributed by atoms with Gasteiger partial charge in [-0.2, -0.15) is 4.39 Å². The van der Waals surface area contributed by atoms with Crippen molar-refractivity contribution >= 4 is 22.6 Å². The largest absolute Gasteiger partial charge is 0.394 e. The number of hydrogen-bond donors (Lipinski definition) is 4. The van der Waals surface area contributed by atoms with Gasteiger partial charge in [0.05, 0.1) is 6.61 Å². The van der Waals surface area contributed by atoms with Crippen molar-refractivity contribution in [3.63, 3.8) is 0 Å². The highest BCUT2D eigenvalue weighted by Crippen LogP contribution is 2.29. The minimum atomic E-state index is -1.53. The molecule has 0 aliphatic carbocycles. The fraction of sp³-hybridized carbons (Fsp3) is 0.556. The number of H-pyrrole nitrogens is 1. The van der Waals surface area contributed by atoms with Gasteiger partial charge in [0.25, 0.3) is 5.56 Å². The van der Waals surface area contributed by atoms with Crippen LogP contribution in [0.3, 0.4) is 0 Å². The zero-order valence-corrected chi connectivity index (χ0v) is 11.4. The summed E-state index contributed by atoms with van der Waals surface area (Å²) in [5.41, 5.74) is -2.16. The summed E-state index contributed by atoms with van der Waals surface area (Å²) in [7, 11) is 0. The van der Waals surface area contributed by atoms with Crippen molar-refractivity contribution in [2.75, 3.05) is 6.61 Å². The van der Waals surface area contributed by atoms with Crippen LogP contribution < -0.4 is 11.2 Å². The lowest BCUT2D eigenvalue weighted by molar-refractivity contribution is -0.0568. The van der Waals surface area contributed by atoms with Crippen LogP contribution in [0.1, 0.15) is 6.23 Å². The SMILES string of the molecule is O=c1[nH]c(=O)n([C@@H]2O[C@H](CO)[C@@H](O)[C@@H]2O)c(I)c1F. The quantitative estimate of drug-likeness (QED) is 0.340. The maximum Gasteiger partial charge on any atom is 0.331 e. The van der Waals surface area contributed by atoms with E-state index in [2.05, 4.69) is 0 Å². The predicted molar refractivity (Wildman–Crippen MR) is 67.0 cm³/mol. The summed E-state index contributed by atoms with van der Waals surface area (Å²) in [6.07, 6.45) is -5.45. The van der Waals surface area contributed by atoms with Crippen LogP contribution in [-0.2, 0) is 4.74 Å². The van der Waals surface area contributed by atoms with E-state index in [1.54, 1.807) is 4.98 Å². The zero-order valence-electron chi connectivity index (χ0n) is 9.29. The lowest BCUT2D eigenvalue weighted by Crippen LogP contribution is -2.40. The molecule has 1 aromatic rings. The molecule has 4 N–H and O–H groups in total. The van der Waals surface area contributed by atoms with Crippen molar-refractivity contribution in [3.8, 4) is 0 Å². The first kappa shape index (κ1) is 14.6. The van der Waals surface area contributed by atoms with E-state index in [4.69, 9.17) is 9.84 Å². The number of nitrogens with one attached hydrogen (secondary N) is 1. The summed E-state index contributed by atoms with van der Waals surface area (Å²) in [5.74, 6) is -1.20. The van der Waals surface area contributed by atoms with Gasteiger partial charge in [0.2, 0.25) is 5.82 Å². The van der Waals surface area contributed by atoms with Crippen molar-refractivity contribution in [1.82, 2.24) is 9.55 Å². The Labute approximate surface area is 118 Å². The Morgan fingerprint density at radius 1 is 1.37 bits per heavy atom. The molecular weight excluding hydrogens is 378 g/mol. The Balaban J connectivity index is 2.52. The minimum absolute atomic E-state index is 0.360. The molecule has 0 spiro atoms. The number of rotatable bonds is 2. The molecule has 0 bridgehead atoms. The summed E-state index contributed by atoms with van der Waals surface area (Å²) in [4.78, 5) is 24.4. The Hall–Kier alpha value is -0.820. The van der Waals surface area contributed by atoms with Gasteiger partial charge in [-0.25, -0.2) is 4.79 Å². The van der Waals surface area contributed by atoms with Crippen molar-refractivity contribution in [2.45, 2.75) is 24.5 Å². The molecular formula is C9H10FIN2O6. The standard InChI is InChI=1S/C9H10FIN2O6/c10-3-6(11)13(9(18)12-7(3)17)8-5(16)4(15)2(1-14)19-8/h2,4-5,8,14-16H,1H2,(H,12,17,18)/t2-,4-,5+,8-/m1/s1. The molecule has 0 aromatic carbocycles. The van der Waals surface area contributed by atoms with Gasteiger partial charge in [0.15, 0.2) is 6.23 Å². The number of aliphatic hydroxyl groups is 3. The average molecular weight is 388 g/mol. The van der Waals surface area contributed by atoms with Crippen LogP contribution in [0.2, 0.25) is 0 Å². The van der Waals surface area contributed by atoms with Crippen LogP contribution in [0.4, 0.5) is 4.39 Å². The van der Waals surface area contributed by atoms with Crippen LogP contribution in [0, 0.1) is 9.52 Å². The van der Waals surface area contributed by atoms with E-state index in [1.165, 1.54) is 22.6 Å². The predicted octanol–water partition coefficient (Wildman–Crippen LogP) is -2.11. The third-order valence-electron chi connectivity index (χ3n) is 2.80. The molecule has 0 amide bonds. The Morgan fingerprint density at radius 2 is 2.00 bits per heavy atom. The lowest BCUT2D eigenvalue weighted by atomic mass is 10.1. The molecule has 10 heteroatoms. The molecule has 1 aliphatic heterocycles. The van der Waals surface area contributed by atoms with Crippen LogP contribution in [0.15, 0.2) is 9.59 Å². The molecule has 1 aliphatic rings. The smallest absolute Gasteiger partial charge is 0.331 e. The van der Waals surface area contributed by atoms with E-state index >= 15 is 0 Å². The fourth-order valence-corrected chi connectivity index (χ4v) is 2.56. The van der Waals surface area contributed by atoms with Gasteiger partial charge in [0.1, 0.15) is 22.0 Å². The normalized spacial score (nSPS) is 30.8. The third kappa shape index (κ3) is 2.33. The number of nitrogens with zero attached hydrogens (tertiary/aromatic N) is 1. The van der Waals surface area contributed by atoms with E-state index in [-0.39, 0.29) is 3.70 Å². The molecule has 8 nitrogen and oxygen atoms in total. The number of aliphatic hydroxyl groups excluding tert-OH is 3. The Morgan fingerprint density at radius 3 is 2.53 bits per heavy atom. The maximum atomic E-state index is 13.5. The van der Waals surface area contributed by atoms with Crippen LogP contribution in [-0.4, -0.2) is 49.8 Å². The Bertz CT molecular complexity index is 601. The number of halogens is 2. The van der Waals surface area contributed by atoms with Crippen molar-refractivity contribution in [3.05, 3.63) is 30.4 Å². The monoisotopic (exact) mass is 388 g/mol. The van der Waals surface area contributed by atoms with E-state index in [0.717, 1.165) is 0 Å². The van der Waals surface area contributed by atoms with E-state index in [1.807, 2.05) is 0 Å². The second-order valence-corrected chi connectivity index (χ2v) is 4.98. The summed E-state index contributed by atoms with van der Waals surface area (Å²) in [6, 6.07) is 0. The first-order valence-corrected chi connectivity index (χ1v) is 6.28. The first-order chi connectivity index (χ1) is 8.88. The van der Waals surface area contributed by atoms with E-state index in [0.29, 0.717) is 4.57 Å². The number of aromatic nitrogens is 2. The third-order valence-corrected chi connectivity index (χ3v) is 3.80. The topological polar surface area (TPSA) is 125 Å². The molecule has 1 saturated heterocycles. The van der Waals surface area contributed by atoms with Crippen LogP contribution in [0.25, 0.3) is 0 Å². The van der Waals surface area contributed by atoms with Crippen LogP contribution >= 0.6 is 22.6 Å². The molecule has 106 valence electrons.